The Hall–Kier alpha value is -1.38. The topological polar surface area (TPSA) is 31.4 Å². The molecule has 108 valence electrons. The normalized spacial score (nSPS) is 12.4. The van der Waals surface area contributed by atoms with Crippen LogP contribution in [0, 0.1) is 0 Å². The number of hydrogen-bond donors (Lipinski definition) is 0. The van der Waals surface area contributed by atoms with Crippen molar-refractivity contribution in [3.8, 4) is 11.6 Å². The molecular formula is C9H6ClF6NO2. The average molecular weight is 310 g/mol. The molecule has 0 spiro atoms. The molecule has 0 aliphatic heterocycles. The Bertz CT molecular complexity index is 459. The molecule has 1 aromatic rings. The summed E-state index contributed by atoms with van der Waals surface area (Å²) in [5.41, 5.74) is -1.95. The van der Waals surface area contributed by atoms with E-state index >= 15 is 0 Å². The molecule has 0 atom stereocenters. The molecule has 0 radical (unpaired) electrons. The maximum Gasteiger partial charge on any atom is 0.574 e. The third-order valence-electron chi connectivity index (χ3n) is 1.88. The molecule has 0 saturated heterocycles. The zero-order chi connectivity index (χ0) is 14.8. The monoisotopic (exact) mass is 309 g/mol. The predicted octanol–water partition coefficient (Wildman–Crippen LogP) is 3.75. The Balaban J connectivity index is 3.39. The van der Waals surface area contributed by atoms with Gasteiger partial charge in [-0.1, -0.05) is 0 Å². The first-order valence-corrected chi connectivity index (χ1v) is 5.08. The summed E-state index contributed by atoms with van der Waals surface area (Å²) in [6, 6.07) is 0.0996. The summed E-state index contributed by atoms with van der Waals surface area (Å²) in [6.07, 6.45) is -10.1. The lowest BCUT2D eigenvalue weighted by atomic mass is 10.2. The summed E-state index contributed by atoms with van der Waals surface area (Å²) in [5.74, 6) is -2.56. The second-order valence-electron chi connectivity index (χ2n) is 3.17. The molecule has 0 aromatic carbocycles. The van der Waals surface area contributed by atoms with Gasteiger partial charge in [-0.05, 0) is 0 Å². The van der Waals surface area contributed by atoms with Crippen molar-refractivity contribution in [2.24, 2.45) is 0 Å². The highest BCUT2D eigenvalue weighted by atomic mass is 35.5. The first-order valence-electron chi connectivity index (χ1n) is 4.55. The van der Waals surface area contributed by atoms with Crippen LogP contribution >= 0.6 is 11.6 Å². The predicted molar refractivity (Wildman–Crippen MR) is 52.0 cm³/mol. The quantitative estimate of drug-likeness (QED) is 0.629. The van der Waals surface area contributed by atoms with E-state index in [2.05, 4.69) is 14.5 Å². The van der Waals surface area contributed by atoms with Gasteiger partial charge in [-0.2, -0.15) is 13.2 Å². The zero-order valence-electron chi connectivity index (χ0n) is 9.19. The Morgan fingerprint density at radius 3 is 2.16 bits per heavy atom. The summed E-state index contributed by atoms with van der Waals surface area (Å²) in [5, 5.41) is 0. The van der Waals surface area contributed by atoms with Crippen LogP contribution in [0.2, 0.25) is 0 Å². The van der Waals surface area contributed by atoms with Gasteiger partial charge in [0.15, 0.2) is 5.75 Å². The lowest BCUT2D eigenvalue weighted by Crippen LogP contribution is -2.19. The SMILES string of the molecule is COc1c(C(F)(F)F)cc(OC(F)(F)F)nc1CCl. The average Bonchev–Trinajstić information content (AvgIpc) is 2.24. The summed E-state index contributed by atoms with van der Waals surface area (Å²) in [7, 11) is 0.923. The van der Waals surface area contributed by atoms with E-state index in [4.69, 9.17) is 11.6 Å². The Kier molecular flexibility index (Phi) is 4.39. The molecule has 0 bridgehead atoms. The van der Waals surface area contributed by atoms with Crippen LogP contribution in [0.1, 0.15) is 11.3 Å². The van der Waals surface area contributed by atoms with Gasteiger partial charge in [-0.3, -0.25) is 0 Å². The highest BCUT2D eigenvalue weighted by Gasteiger charge is 2.39. The number of ether oxygens (including phenoxy) is 2. The molecule has 0 unspecified atom stereocenters. The maximum absolute atomic E-state index is 12.7. The second kappa shape index (κ2) is 5.32. The van der Waals surface area contributed by atoms with Crippen LogP contribution in [0.15, 0.2) is 6.07 Å². The lowest BCUT2D eigenvalue weighted by Gasteiger charge is -2.16. The smallest absolute Gasteiger partial charge is 0.494 e. The Morgan fingerprint density at radius 2 is 1.79 bits per heavy atom. The molecule has 3 nitrogen and oxygen atoms in total. The fourth-order valence-corrected chi connectivity index (χ4v) is 1.44. The van der Waals surface area contributed by atoms with Gasteiger partial charge in [0.2, 0.25) is 5.88 Å². The van der Waals surface area contributed by atoms with Crippen molar-refractivity contribution in [2.45, 2.75) is 18.4 Å². The summed E-state index contributed by atoms with van der Waals surface area (Å²) < 4.78 is 81.8. The number of alkyl halides is 7. The number of methoxy groups -OCH3 is 1. The number of halogens is 7. The third-order valence-corrected chi connectivity index (χ3v) is 2.13. The second-order valence-corrected chi connectivity index (χ2v) is 3.43. The number of nitrogens with zero attached hydrogens (tertiary/aromatic N) is 1. The van der Waals surface area contributed by atoms with E-state index < -0.39 is 41.3 Å². The van der Waals surface area contributed by atoms with E-state index in [-0.39, 0.29) is 6.07 Å². The van der Waals surface area contributed by atoms with E-state index in [1.54, 1.807) is 0 Å². The number of hydrogen-bond acceptors (Lipinski definition) is 3. The summed E-state index contributed by atoms with van der Waals surface area (Å²) in [6.45, 7) is 0. The van der Waals surface area contributed by atoms with Crippen molar-refractivity contribution in [1.82, 2.24) is 4.98 Å². The molecule has 1 aromatic heterocycles. The van der Waals surface area contributed by atoms with Crippen LogP contribution in [0.5, 0.6) is 11.6 Å². The first-order chi connectivity index (χ1) is 8.58. The van der Waals surface area contributed by atoms with Crippen molar-refractivity contribution < 1.29 is 35.8 Å². The van der Waals surface area contributed by atoms with Gasteiger partial charge in [0.05, 0.1) is 13.0 Å². The van der Waals surface area contributed by atoms with Gasteiger partial charge in [0.25, 0.3) is 0 Å². The van der Waals surface area contributed by atoms with Crippen LogP contribution in [-0.2, 0) is 12.1 Å². The zero-order valence-corrected chi connectivity index (χ0v) is 9.95. The van der Waals surface area contributed by atoms with Crippen molar-refractivity contribution in [1.29, 1.82) is 0 Å². The van der Waals surface area contributed by atoms with Crippen molar-refractivity contribution in [2.75, 3.05) is 7.11 Å². The van der Waals surface area contributed by atoms with E-state index in [1.165, 1.54) is 0 Å². The van der Waals surface area contributed by atoms with Crippen LogP contribution in [0.4, 0.5) is 26.3 Å². The third kappa shape index (κ3) is 4.05. The molecular weight excluding hydrogens is 304 g/mol. The van der Waals surface area contributed by atoms with E-state index in [0.29, 0.717) is 0 Å². The van der Waals surface area contributed by atoms with Gasteiger partial charge in [0, 0.05) is 6.07 Å². The minimum absolute atomic E-state index is 0.0996. The van der Waals surface area contributed by atoms with E-state index in [1.807, 2.05) is 0 Å². The molecule has 0 aliphatic carbocycles. The molecule has 10 heteroatoms. The van der Waals surface area contributed by atoms with Crippen molar-refractivity contribution in [3.63, 3.8) is 0 Å². The Morgan fingerprint density at radius 1 is 1.21 bits per heavy atom. The molecule has 0 aliphatic rings. The molecule has 19 heavy (non-hydrogen) atoms. The van der Waals surface area contributed by atoms with Gasteiger partial charge in [0.1, 0.15) is 11.3 Å². The molecule has 0 amide bonds. The van der Waals surface area contributed by atoms with Gasteiger partial charge in [-0.25, -0.2) is 4.98 Å². The Labute approximate surface area is 108 Å². The molecule has 1 heterocycles. The number of aromatic nitrogens is 1. The molecule has 0 N–H and O–H groups in total. The fraction of sp³-hybridized carbons (Fsp3) is 0.444. The fourth-order valence-electron chi connectivity index (χ4n) is 1.26. The van der Waals surface area contributed by atoms with Crippen LogP contribution in [0.3, 0.4) is 0 Å². The summed E-state index contributed by atoms with van der Waals surface area (Å²) in [4.78, 5) is 3.22. The highest BCUT2D eigenvalue weighted by molar-refractivity contribution is 6.17. The van der Waals surface area contributed by atoms with Crippen molar-refractivity contribution >= 4 is 11.6 Å². The largest absolute Gasteiger partial charge is 0.574 e. The van der Waals surface area contributed by atoms with Crippen LogP contribution in [-0.4, -0.2) is 18.5 Å². The lowest BCUT2D eigenvalue weighted by molar-refractivity contribution is -0.276. The molecule has 0 fully saturated rings. The van der Waals surface area contributed by atoms with Crippen molar-refractivity contribution in [3.05, 3.63) is 17.3 Å². The maximum atomic E-state index is 12.7. The van der Waals surface area contributed by atoms with Gasteiger partial charge in [-0.15, -0.1) is 24.8 Å². The highest BCUT2D eigenvalue weighted by Crippen LogP contribution is 2.40. The summed E-state index contributed by atoms with van der Waals surface area (Å²) >= 11 is 5.33. The van der Waals surface area contributed by atoms with E-state index in [0.717, 1.165) is 7.11 Å². The number of rotatable bonds is 3. The minimum atomic E-state index is -5.16. The van der Waals surface area contributed by atoms with Crippen LogP contribution < -0.4 is 9.47 Å². The standard InChI is InChI=1S/C9H6ClF6NO2/c1-18-7-4(8(11,12)13)2-6(17-5(7)3-10)19-9(14,15)16/h2H,3H2,1H3. The van der Waals surface area contributed by atoms with Gasteiger partial charge >= 0.3 is 12.5 Å². The van der Waals surface area contributed by atoms with E-state index in [9.17, 15) is 26.3 Å². The molecule has 0 saturated carbocycles. The number of pyridine rings is 1. The minimum Gasteiger partial charge on any atom is -0.494 e. The molecule has 1 rings (SSSR count). The first kappa shape index (κ1) is 15.7. The van der Waals surface area contributed by atoms with Crippen LogP contribution in [0.25, 0.3) is 0 Å². The van der Waals surface area contributed by atoms with Gasteiger partial charge < -0.3 is 9.47 Å².